The van der Waals surface area contributed by atoms with E-state index in [2.05, 4.69) is 282 Å². The number of anilines is 9. The maximum Gasteiger partial charge on any atom is 0.264 e. The van der Waals surface area contributed by atoms with Crippen molar-refractivity contribution in [2.75, 3.05) is 14.7 Å². The van der Waals surface area contributed by atoms with Gasteiger partial charge >= 0.3 is 0 Å². The number of hydrogen-bond acceptors (Lipinski definition) is 5. The fourth-order valence-electron chi connectivity index (χ4n) is 13.5. The van der Waals surface area contributed by atoms with Gasteiger partial charge in [-0.15, -0.1) is 11.3 Å². The highest BCUT2D eigenvalue weighted by atomic mass is 32.1. The molecule has 2 aliphatic heterocycles. The van der Waals surface area contributed by atoms with Gasteiger partial charge in [-0.3, -0.25) is 0 Å². The van der Waals surface area contributed by atoms with E-state index < -0.39 is 6.04 Å². The van der Waals surface area contributed by atoms with Crippen molar-refractivity contribution in [1.82, 2.24) is 0 Å². The quantitative estimate of drug-likeness (QED) is 0.141. The zero-order valence-corrected chi connectivity index (χ0v) is 54.4. The fourth-order valence-corrected chi connectivity index (χ4v) is 14.8. The van der Waals surface area contributed by atoms with E-state index in [1.54, 1.807) is 11.3 Å². The molecule has 12 aromatic rings. The highest BCUT2D eigenvalue weighted by Crippen LogP contribution is 2.53. The van der Waals surface area contributed by atoms with Crippen LogP contribution in [0.5, 0.6) is 0 Å². The van der Waals surface area contributed by atoms with Gasteiger partial charge in [0.1, 0.15) is 11.2 Å². The Morgan fingerprint density at radius 1 is 0.489 bits per heavy atom. The van der Waals surface area contributed by atoms with Crippen LogP contribution in [0.1, 0.15) is 143 Å². The molecule has 6 heteroatoms. The Hall–Kier alpha value is -8.58. The van der Waals surface area contributed by atoms with Crippen LogP contribution < -0.4 is 30.4 Å². The molecular weight excluding hydrogens is 1090 g/mol. The first-order chi connectivity index (χ1) is 44.0. The van der Waals surface area contributed by atoms with Gasteiger partial charge in [-0.1, -0.05) is 224 Å². The van der Waals surface area contributed by atoms with E-state index in [1.165, 1.54) is 38.8 Å². The Balaban J connectivity index is 1.13. The minimum absolute atomic E-state index is 0.0496. The topological polar surface area (TPSA) is 22.9 Å². The number of benzene rings is 10. The predicted molar refractivity (Wildman–Crippen MR) is 382 cm³/mol. The van der Waals surface area contributed by atoms with Crippen molar-refractivity contribution in [2.24, 2.45) is 0 Å². The normalized spacial score (nSPS) is 14.2. The number of fused-ring (bicyclic) bond motifs is 9. The SMILES string of the molecule is [2H]c1c([2H])c([2H])c(-c2ccc3sc4c(c3c2)N(c2ccc(C(C)(C)C)cc2C(C)C)c2cc(-c3ccc(C(C)(C)C)cc3)cc3c2B4c2ccc(N(c4ccc(C(C)(C)C)cc4)c4ccc(C)cc4C(C)(C)C)cc2N3c2ccc3oc4ccccc4c3c2)c([2H])c1[2H]. The minimum atomic E-state index is -0.411. The van der Waals surface area contributed by atoms with Crippen LogP contribution >= 0.6 is 11.3 Å². The van der Waals surface area contributed by atoms with Gasteiger partial charge < -0.3 is 19.1 Å². The minimum Gasteiger partial charge on any atom is -0.456 e. The summed E-state index contributed by atoms with van der Waals surface area (Å²) in [5, 5.41) is 3.03. The predicted octanol–water partition coefficient (Wildman–Crippen LogP) is 22.3. The summed E-state index contributed by atoms with van der Waals surface area (Å²) in [5.74, 6) is 0.117. The zero-order valence-electron chi connectivity index (χ0n) is 58.6. The van der Waals surface area contributed by atoms with Crippen molar-refractivity contribution in [2.45, 2.75) is 131 Å². The highest BCUT2D eigenvalue weighted by Gasteiger charge is 2.47. The van der Waals surface area contributed by atoms with E-state index in [9.17, 15) is 2.74 Å². The molecule has 14 rings (SSSR count). The van der Waals surface area contributed by atoms with Gasteiger partial charge in [0.05, 0.1) is 12.5 Å². The number of nitrogens with zero attached hydrogens (tertiary/aromatic N) is 3. The van der Waals surface area contributed by atoms with E-state index in [0.717, 1.165) is 105 Å². The Kier molecular flexibility index (Phi) is 12.2. The molecule has 88 heavy (non-hydrogen) atoms. The molecule has 2 aliphatic rings. The molecule has 438 valence electrons. The van der Waals surface area contributed by atoms with Gasteiger partial charge in [0.15, 0.2) is 0 Å². The summed E-state index contributed by atoms with van der Waals surface area (Å²) in [6.07, 6.45) is 0. The molecule has 10 aromatic carbocycles. The lowest BCUT2D eigenvalue weighted by atomic mass is 9.36. The second-order valence-electron chi connectivity index (χ2n) is 29.0. The number of hydrogen-bond donors (Lipinski definition) is 0. The molecule has 0 amide bonds. The van der Waals surface area contributed by atoms with E-state index in [-0.39, 0.29) is 64.0 Å². The molecule has 2 aromatic heterocycles. The number of rotatable bonds is 8. The summed E-state index contributed by atoms with van der Waals surface area (Å²) >= 11 is 1.78. The third-order valence-electron chi connectivity index (χ3n) is 18.3. The van der Waals surface area contributed by atoms with Crippen LogP contribution in [0, 0.1) is 6.92 Å². The van der Waals surface area contributed by atoms with Crippen LogP contribution in [0.15, 0.2) is 211 Å². The summed E-state index contributed by atoms with van der Waals surface area (Å²) in [4.78, 5) is 7.53. The van der Waals surface area contributed by atoms with Crippen molar-refractivity contribution in [3.8, 4) is 22.3 Å². The first-order valence-electron chi connectivity index (χ1n) is 33.7. The van der Waals surface area contributed by atoms with Gasteiger partial charge in [0.25, 0.3) is 6.71 Å². The van der Waals surface area contributed by atoms with Crippen molar-refractivity contribution in [3.63, 3.8) is 0 Å². The van der Waals surface area contributed by atoms with Gasteiger partial charge in [-0.2, -0.15) is 0 Å². The first-order valence-corrected chi connectivity index (χ1v) is 32.0. The largest absolute Gasteiger partial charge is 0.456 e. The molecule has 0 bridgehead atoms. The summed E-state index contributed by atoms with van der Waals surface area (Å²) in [6, 6.07) is 63.8. The van der Waals surface area contributed by atoms with Crippen molar-refractivity contribution in [1.29, 1.82) is 0 Å². The fraction of sp³-hybridized carbons (Fsp3) is 0.244. The maximum absolute atomic E-state index is 9.29. The van der Waals surface area contributed by atoms with Crippen LogP contribution in [0.3, 0.4) is 0 Å². The maximum atomic E-state index is 9.29. The Morgan fingerprint density at radius 2 is 1.12 bits per heavy atom. The van der Waals surface area contributed by atoms with Crippen LogP contribution in [0.2, 0.25) is 0 Å². The van der Waals surface area contributed by atoms with E-state index in [1.807, 2.05) is 12.1 Å². The molecule has 0 atom stereocenters. The Morgan fingerprint density at radius 3 is 1.81 bits per heavy atom. The number of aryl methyl sites for hydroxylation is 1. The number of para-hydroxylation sites is 1. The van der Waals surface area contributed by atoms with Crippen LogP contribution in [0.4, 0.5) is 51.2 Å². The molecule has 4 heterocycles. The Bertz CT molecular complexity index is 5010. The lowest BCUT2D eigenvalue weighted by Crippen LogP contribution is -2.60. The van der Waals surface area contributed by atoms with E-state index in [4.69, 9.17) is 8.53 Å². The number of thiophene rings is 1. The summed E-state index contributed by atoms with van der Waals surface area (Å²) in [7, 11) is 0. The molecule has 0 unspecified atom stereocenters. The van der Waals surface area contributed by atoms with Gasteiger partial charge in [0, 0.05) is 71.1 Å². The molecule has 4 nitrogen and oxygen atoms in total. The molecule has 0 saturated heterocycles. The highest BCUT2D eigenvalue weighted by molar-refractivity contribution is 7.33. The summed E-state index contributed by atoms with van der Waals surface area (Å²) in [6.45, 7) is 33.8. The molecule has 0 aliphatic carbocycles. The van der Waals surface area contributed by atoms with Gasteiger partial charge in [0.2, 0.25) is 0 Å². The van der Waals surface area contributed by atoms with E-state index >= 15 is 0 Å². The van der Waals surface area contributed by atoms with Crippen LogP contribution in [-0.4, -0.2) is 6.71 Å². The van der Waals surface area contributed by atoms with Crippen LogP contribution in [0.25, 0.3) is 54.3 Å². The van der Waals surface area contributed by atoms with E-state index in [0.29, 0.717) is 5.56 Å². The molecular formula is C82H80BN3OS. The standard InChI is InChI=1S/C82H80BN3OS/c1-50(2)63-47-58(81(10,11)12)33-40-68(63)86-72-46-55(53-26-29-56(30-27-53)79(4,5)6)45-71-76(72)83(78-77(86)65-44-54(28-42-75(65)88-78)52-21-17-16-18-22-52)67-38-36-61(49-70(67)85(71)60-37-41-74-64(48-60)62-23-19-20-24-73(62)87-74)84(59-34-31-57(32-35-59)80(7,8)9)69-39-25-51(3)43-66(69)82(13,14)15/h16-50H,1-15H3/i16D,17D,18D,21D,22D. The number of furan rings is 1. The monoisotopic (exact) mass is 1170 g/mol. The molecule has 0 radical (unpaired) electrons. The van der Waals surface area contributed by atoms with Crippen molar-refractivity contribution < 1.29 is 11.3 Å². The molecule has 0 N–H and O–H groups in total. The van der Waals surface area contributed by atoms with Gasteiger partial charge in [-0.05, 0) is 180 Å². The molecule has 0 spiro atoms. The van der Waals surface area contributed by atoms with Crippen molar-refractivity contribution >= 4 is 117 Å². The second kappa shape index (κ2) is 20.8. The summed E-state index contributed by atoms with van der Waals surface area (Å²) in [5.41, 5.74) is 23.2. The van der Waals surface area contributed by atoms with Gasteiger partial charge in [-0.25, -0.2) is 0 Å². The third kappa shape index (κ3) is 9.74. The van der Waals surface area contributed by atoms with Crippen LogP contribution in [-0.2, 0) is 21.7 Å². The van der Waals surface area contributed by atoms with Crippen molar-refractivity contribution in [3.05, 3.63) is 240 Å². The first kappa shape index (κ1) is 51.5. The average Bonchev–Trinajstić information content (AvgIpc) is 1.68. The average molecular weight is 1170 g/mol. The Labute approximate surface area is 533 Å². The smallest absolute Gasteiger partial charge is 0.264 e. The lowest BCUT2D eigenvalue weighted by Gasteiger charge is -2.44. The second-order valence-corrected chi connectivity index (χ2v) is 30.1. The lowest BCUT2D eigenvalue weighted by molar-refractivity contribution is 0.588. The summed E-state index contributed by atoms with van der Waals surface area (Å²) < 4.78 is 53.6. The molecule has 0 saturated carbocycles. The third-order valence-corrected chi connectivity index (χ3v) is 19.6. The molecule has 0 fully saturated rings. The zero-order chi connectivity index (χ0) is 65.9.